The zero-order chi connectivity index (χ0) is 27.5. The van der Waals surface area contributed by atoms with Gasteiger partial charge < -0.3 is 9.64 Å². The van der Waals surface area contributed by atoms with Crippen molar-refractivity contribution in [2.24, 2.45) is 11.8 Å². The molecular formula is C33H24N2O5. The SMILES string of the molecule is CC(=O)Oc1ccc(C(=O)[C@H]2[C@@H]3C(=O)N(c4cccc5ccccc45)C(=O)[C@@H]3[C@H]3c4ccccc4C=CN32)cc1. The maximum atomic E-state index is 14.3. The quantitative estimate of drug-likeness (QED) is 0.157. The van der Waals surface area contributed by atoms with Gasteiger partial charge in [-0.3, -0.25) is 19.2 Å². The lowest BCUT2D eigenvalue weighted by molar-refractivity contribution is -0.132. The average Bonchev–Trinajstić information content (AvgIpc) is 3.44. The van der Waals surface area contributed by atoms with Gasteiger partial charge in [-0.15, -0.1) is 0 Å². The molecule has 7 rings (SSSR count). The molecule has 0 unspecified atom stereocenters. The number of hydrogen-bond donors (Lipinski definition) is 0. The normalized spacial score (nSPS) is 22.7. The molecule has 3 aliphatic heterocycles. The molecule has 2 amide bonds. The van der Waals surface area contributed by atoms with Gasteiger partial charge in [0, 0.05) is 24.1 Å². The Kier molecular flexibility index (Phi) is 5.42. The third-order valence-electron chi connectivity index (χ3n) is 8.14. The van der Waals surface area contributed by atoms with E-state index in [9.17, 15) is 19.2 Å². The molecule has 0 aliphatic carbocycles. The number of esters is 1. The number of hydrogen-bond acceptors (Lipinski definition) is 6. The Morgan fingerprint density at radius 1 is 0.775 bits per heavy atom. The summed E-state index contributed by atoms with van der Waals surface area (Å²) in [5.41, 5.74) is 2.79. The Balaban J connectivity index is 1.35. The van der Waals surface area contributed by atoms with Crippen molar-refractivity contribution in [1.29, 1.82) is 0 Å². The fourth-order valence-electron chi connectivity index (χ4n) is 6.52. The first-order valence-corrected chi connectivity index (χ1v) is 13.2. The highest BCUT2D eigenvalue weighted by atomic mass is 16.5. The lowest BCUT2D eigenvalue weighted by Gasteiger charge is -2.35. The number of carbonyl (C=O) groups excluding carboxylic acids is 4. The summed E-state index contributed by atoms with van der Waals surface area (Å²) in [6, 6.07) is 26.0. The number of carbonyl (C=O) groups is 4. The number of nitrogens with zero attached hydrogens (tertiary/aromatic N) is 2. The van der Waals surface area contributed by atoms with Gasteiger partial charge in [0.1, 0.15) is 11.8 Å². The molecule has 0 radical (unpaired) electrons. The van der Waals surface area contributed by atoms with E-state index in [1.807, 2.05) is 77.8 Å². The summed E-state index contributed by atoms with van der Waals surface area (Å²) in [5.74, 6) is -2.67. The van der Waals surface area contributed by atoms with E-state index < -0.39 is 29.9 Å². The first-order chi connectivity index (χ1) is 19.4. The van der Waals surface area contributed by atoms with Crippen LogP contribution in [0.4, 0.5) is 5.69 Å². The van der Waals surface area contributed by atoms with Crippen LogP contribution in [0.2, 0.25) is 0 Å². The fraction of sp³-hybridized carbons (Fsp3) is 0.152. The number of imide groups is 1. The van der Waals surface area contributed by atoms with E-state index in [-0.39, 0.29) is 17.6 Å². The van der Waals surface area contributed by atoms with Gasteiger partial charge in [0.2, 0.25) is 11.8 Å². The summed E-state index contributed by atoms with van der Waals surface area (Å²) in [5, 5.41) is 1.72. The highest BCUT2D eigenvalue weighted by Crippen LogP contribution is 2.54. The third-order valence-corrected chi connectivity index (χ3v) is 8.14. The van der Waals surface area contributed by atoms with Crippen LogP contribution in [0.3, 0.4) is 0 Å². The molecule has 7 nitrogen and oxygen atoms in total. The molecule has 0 aromatic heterocycles. The van der Waals surface area contributed by atoms with Gasteiger partial charge in [0.25, 0.3) is 0 Å². The molecule has 0 N–H and O–H groups in total. The predicted octanol–water partition coefficient (Wildman–Crippen LogP) is 5.16. The van der Waals surface area contributed by atoms with Gasteiger partial charge >= 0.3 is 5.97 Å². The lowest BCUT2D eigenvalue weighted by Crippen LogP contribution is -2.44. The smallest absolute Gasteiger partial charge is 0.308 e. The Morgan fingerprint density at radius 3 is 2.27 bits per heavy atom. The van der Waals surface area contributed by atoms with Crippen LogP contribution in [0.1, 0.15) is 34.5 Å². The van der Waals surface area contributed by atoms with Gasteiger partial charge in [-0.2, -0.15) is 0 Å². The fourth-order valence-corrected chi connectivity index (χ4v) is 6.52. The lowest BCUT2D eigenvalue weighted by atomic mass is 9.83. The van der Waals surface area contributed by atoms with Crippen molar-refractivity contribution in [2.45, 2.75) is 19.0 Å². The second-order valence-corrected chi connectivity index (χ2v) is 10.3. The number of ether oxygens (including phenoxy) is 1. The minimum Gasteiger partial charge on any atom is -0.427 e. The molecule has 0 bridgehead atoms. The van der Waals surface area contributed by atoms with Crippen LogP contribution in [0, 0.1) is 11.8 Å². The number of rotatable bonds is 4. The number of anilines is 1. The third kappa shape index (κ3) is 3.51. The molecule has 4 aromatic rings. The van der Waals surface area contributed by atoms with Crippen LogP contribution in [-0.4, -0.2) is 34.5 Å². The number of fused-ring (bicyclic) bond motifs is 6. The first-order valence-electron chi connectivity index (χ1n) is 13.2. The summed E-state index contributed by atoms with van der Waals surface area (Å²) in [4.78, 5) is 57.2. The molecule has 3 aliphatic rings. The van der Waals surface area contributed by atoms with Gasteiger partial charge in [-0.05, 0) is 52.9 Å². The molecule has 0 spiro atoms. The van der Waals surface area contributed by atoms with Gasteiger partial charge in [0.15, 0.2) is 5.78 Å². The molecule has 4 atom stereocenters. The minimum absolute atomic E-state index is 0.267. The summed E-state index contributed by atoms with van der Waals surface area (Å²) < 4.78 is 5.12. The molecule has 2 fully saturated rings. The van der Waals surface area contributed by atoms with Crippen molar-refractivity contribution in [1.82, 2.24) is 4.90 Å². The molecule has 0 saturated carbocycles. The Bertz CT molecular complexity index is 1750. The average molecular weight is 529 g/mol. The highest BCUT2D eigenvalue weighted by Gasteiger charge is 2.64. The molecule has 4 aromatic carbocycles. The molecule has 40 heavy (non-hydrogen) atoms. The monoisotopic (exact) mass is 528 g/mol. The maximum absolute atomic E-state index is 14.3. The Morgan fingerprint density at radius 2 is 1.48 bits per heavy atom. The van der Waals surface area contributed by atoms with Crippen molar-refractivity contribution < 1.29 is 23.9 Å². The minimum atomic E-state index is -0.879. The second-order valence-electron chi connectivity index (χ2n) is 10.3. The number of Topliss-reactive ketones (excluding diaryl/α,β-unsaturated/α-hetero) is 1. The largest absolute Gasteiger partial charge is 0.427 e. The molecule has 2 saturated heterocycles. The van der Waals surface area contributed by atoms with E-state index in [0.717, 1.165) is 21.9 Å². The van der Waals surface area contributed by atoms with E-state index in [1.54, 1.807) is 30.3 Å². The topological polar surface area (TPSA) is 84.0 Å². The number of ketones is 1. The van der Waals surface area contributed by atoms with Crippen molar-refractivity contribution in [2.75, 3.05) is 4.90 Å². The standard InChI is InChI=1S/C33H24N2O5/c1-19(36)40-23-15-13-22(14-16-23)31(37)30-28-27(29-25-11-5-3-8-21(25)17-18-34(29)30)32(38)35(33(28)39)26-12-6-9-20-7-2-4-10-24(20)26/h2-18,27-30H,1H3/t27-,28+,29+,30+/m0/s1. The van der Waals surface area contributed by atoms with Crippen molar-refractivity contribution in [3.05, 3.63) is 114 Å². The zero-order valence-corrected chi connectivity index (χ0v) is 21.6. The van der Waals surface area contributed by atoms with Crippen LogP contribution >= 0.6 is 0 Å². The van der Waals surface area contributed by atoms with Gasteiger partial charge in [-0.1, -0.05) is 60.7 Å². The first kappa shape index (κ1) is 24.0. The van der Waals surface area contributed by atoms with Crippen LogP contribution in [0.5, 0.6) is 5.75 Å². The van der Waals surface area contributed by atoms with Crippen LogP contribution < -0.4 is 9.64 Å². The summed E-state index contributed by atoms with van der Waals surface area (Å²) in [7, 11) is 0. The van der Waals surface area contributed by atoms with Crippen molar-refractivity contribution in [3.63, 3.8) is 0 Å². The van der Waals surface area contributed by atoms with E-state index in [2.05, 4.69) is 0 Å². The van der Waals surface area contributed by atoms with Crippen LogP contribution in [0.15, 0.2) is 97.2 Å². The molecule has 196 valence electrons. The number of amides is 2. The van der Waals surface area contributed by atoms with Gasteiger partial charge in [0.05, 0.1) is 23.6 Å². The highest BCUT2D eigenvalue weighted by molar-refractivity contribution is 6.27. The van der Waals surface area contributed by atoms with E-state index in [0.29, 0.717) is 17.0 Å². The Hall–Kier alpha value is -5.04. The Labute approximate surface area is 230 Å². The second kappa shape index (κ2) is 9.02. The number of benzene rings is 4. The van der Waals surface area contributed by atoms with Crippen molar-refractivity contribution in [3.8, 4) is 5.75 Å². The zero-order valence-electron chi connectivity index (χ0n) is 21.6. The molecule has 3 heterocycles. The summed E-state index contributed by atoms with van der Waals surface area (Å²) in [6.45, 7) is 1.31. The van der Waals surface area contributed by atoms with Crippen molar-refractivity contribution >= 4 is 46.1 Å². The van der Waals surface area contributed by atoms with Crippen LogP contribution in [-0.2, 0) is 14.4 Å². The van der Waals surface area contributed by atoms with Crippen LogP contribution in [0.25, 0.3) is 16.8 Å². The summed E-state index contributed by atoms with van der Waals surface area (Å²) >= 11 is 0. The molecular weight excluding hydrogens is 504 g/mol. The maximum Gasteiger partial charge on any atom is 0.308 e. The van der Waals surface area contributed by atoms with E-state index in [4.69, 9.17) is 4.74 Å². The van der Waals surface area contributed by atoms with E-state index in [1.165, 1.54) is 11.8 Å². The predicted molar refractivity (Wildman–Crippen MR) is 149 cm³/mol. The molecule has 7 heteroatoms. The van der Waals surface area contributed by atoms with E-state index >= 15 is 0 Å². The van der Waals surface area contributed by atoms with Gasteiger partial charge in [-0.25, -0.2) is 4.90 Å². The summed E-state index contributed by atoms with van der Waals surface area (Å²) in [6.07, 6.45) is 3.76.